The molecule has 0 aliphatic carbocycles. The van der Waals surface area contributed by atoms with Crippen LogP contribution in [0, 0.1) is 6.92 Å². The summed E-state index contributed by atoms with van der Waals surface area (Å²) in [7, 11) is 1.52. The molecule has 0 unspecified atom stereocenters. The zero-order valence-corrected chi connectivity index (χ0v) is 11.3. The fraction of sp³-hybridized carbons (Fsp3) is 0.182. The van der Waals surface area contributed by atoms with E-state index >= 15 is 0 Å². The average Bonchev–Trinajstić information content (AvgIpc) is 2.69. The van der Waals surface area contributed by atoms with Crippen LogP contribution in [0.1, 0.15) is 16.1 Å². The number of aromatic nitrogens is 3. The van der Waals surface area contributed by atoms with Crippen molar-refractivity contribution in [1.82, 2.24) is 14.8 Å². The van der Waals surface area contributed by atoms with Crippen LogP contribution in [0.2, 0.25) is 0 Å². The summed E-state index contributed by atoms with van der Waals surface area (Å²) in [5, 5.41) is 13.0. The molecular weight excluding hydrogens is 302 g/mol. The number of ether oxygens (including phenoxy) is 1. The van der Waals surface area contributed by atoms with Gasteiger partial charge in [0, 0.05) is 0 Å². The van der Waals surface area contributed by atoms with Gasteiger partial charge in [0.2, 0.25) is 5.88 Å². The molecule has 6 nitrogen and oxygen atoms in total. The number of aromatic carboxylic acids is 1. The second-order valence-electron chi connectivity index (χ2n) is 3.52. The lowest BCUT2D eigenvalue weighted by atomic mass is 10.2. The number of pyridine rings is 1. The molecule has 0 fully saturated rings. The van der Waals surface area contributed by atoms with Gasteiger partial charge in [-0.3, -0.25) is 0 Å². The maximum Gasteiger partial charge on any atom is 0.337 e. The minimum atomic E-state index is -1.000. The van der Waals surface area contributed by atoms with Crippen LogP contribution >= 0.6 is 15.9 Å². The van der Waals surface area contributed by atoms with Gasteiger partial charge in [0.25, 0.3) is 0 Å². The number of nitrogens with zero attached hydrogens (tertiary/aromatic N) is 3. The normalized spacial score (nSPS) is 10.4. The highest BCUT2D eigenvalue weighted by Gasteiger charge is 2.14. The predicted octanol–water partition coefficient (Wildman–Crippen LogP) is 2.05. The SMILES string of the molecule is COc1c(Br)cnn1-c1ccc(C(=O)O)c(C)n1. The van der Waals surface area contributed by atoms with Crippen LogP contribution in [-0.2, 0) is 0 Å². The summed E-state index contributed by atoms with van der Waals surface area (Å²) in [6.07, 6.45) is 1.58. The number of aryl methyl sites for hydroxylation is 1. The highest BCUT2D eigenvalue weighted by atomic mass is 79.9. The van der Waals surface area contributed by atoms with Gasteiger partial charge in [-0.25, -0.2) is 9.78 Å². The molecule has 0 aromatic carbocycles. The van der Waals surface area contributed by atoms with Gasteiger partial charge < -0.3 is 9.84 Å². The van der Waals surface area contributed by atoms with Crippen LogP contribution in [0.4, 0.5) is 0 Å². The zero-order chi connectivity index (χ0) is 13.3. The molecule has 2 aromatic heterocycles. The van der Waals surface area contributed by atoms with Crippen LogP contribution in [-0.4, -0.2) is 33.0 Å². The Labute approximate surface area is 111 Å². The lowest BCUT2D eigenvalue weighted by molar-refractivity contribution is 0.0695. The molecule has 7 heteroatoms. The number of methoxy groups -OCH3 is 1. The molecule has 0 amide bonds. The third-order valence-corrected chi connectivity index (χ3v) is 2.94. The van der Waals surface area contributed by atoms with E-state index in [0.29, 0.717) is 21.9 Å². The van der Waals surface area contributed by atoms with Crippen LogP contribution in [0.25, 0.3) is 5.82 Å². The molecule has 0 spiro atoms. The van der Waals surface area contributed by atoms with E-state index in [2.05, 4.69) is 26.0 Å². The maximum absolute atomic E-state index is 10.9. The molecule has 0 radical (unpaired) electrons. The van der Waals surface area contributed by atoms with Crippen LogP contribution < -0.4 is 4.74 Å². The molecule has 2 aromatic rings. The summed E-state index contributed by atoms with van der Waals surface area (Å²) in [5.41, 5.74) is 0.595. The minimum absolute atomic E-state index is 0.170. The van der Waals surface area contributed by atoms with Crippen molar-refractivity contribution >= 4 is 21.9 Å². The van der Waals surface area contributed by atoms with E-state index in [1.165, 1.54) is 17.9 Å². The first kappa shape index (κ1) is 12.6. The van der Waals surface area contributed by atoms with Crippen LogP contribution in [0.5, 0.6) is 5.88 Å². The van der Waals surface area contributed by atoms with Gasteiger partial charge in [0.1, 0.15) is 0 Å². The van der Waals surface area contributed by atoms with Crippen molar-refractivity contribution in [3.63, 3.8) is 0 Å². The quantitative estimate of drug-likeness (QED) is 0.938. The van der Waals surface area contributed by atoms with Crippen molar-refractivity contribution in [2.75, 3.05) is 7.11 Å². The van der Waals surface area contributed by atoms with Gasteiger partial charge in [0.15, 0.2) is 5.82 Å². The zero-order valence-electron chi connectivity index (χ0n) is 9.72. The first-order valence-electron chi connectivity index (χ1n) is 5.03. The minimum Gasteiger partial charge on any atom is -0.480 e. The maximum atomic E-state index is 10.9. The predicted molar refractivity (Wildman–Crippen MR) is 67.3 cm³/mol. The van der Waals surface area contributed by atoms with Gasteiger partial charge in [-0.1, -0.05) is 0 Å². The number of hydrogen-bond donors (Lipinski definition) is 1. The molecule has 1 N–H and O–H groups in total. The lowest BCUT2D eigenvalue weighted by Crippen LogP contribution is -2.07. The Hall–Kier alpha value is -1.89. The Morgan fingerprint density at radius 1 is 1.50 bits per heavy atom. The summed E-state index contributed by atoms with van der Waals surface area (Å²) < 4.78 is 7.37. The van der Waals surface area contributed by atoms with Crippen molar-refractivity contribution in [3.05, 3.63) is 34.1 Å². The fourth-order valence-electron chi connectivity index (χ4n) is 1.56. The molecule has 0 saturated carbocycles. The second kappa shape index (κ2) is 4.77. The third-order valence-electron chi connectivity index (χ3n) is 2.40. The largest absolute Gasteiger partial charge is 0.480 e. The Bertz CT molecular complexity index is 610. The average molecular weight is 312 g/mol. The van der Waals surface area contributed by atoms with Crippen molar-refractivity contribution in [2.45, 2.75) is 6.92 Å². The van der Waals surface area contributed by atoms with Gasteiger partial charge in [-0.2, -0.15) is 9.78 Å². The van der Waals surface area contributed by atoms with E-state index in [4.69, 9.17) is 9.84 Å². The molecule has 0 aliphatic rings. The van der Waals surface area contributed by atoms with E-state index in [1.54, 1.807) is 19.2 Å². The van der Waals surface area contributed by atoms with Crippen molar-refractivity contribution < 1.29 is 14.6 Å². The number of halogens is 1. The van der Waals surface area contributed by atoms with Gasteiger partial charge in [-0.15, -0.1) is 0 Å². The van der Waals surface area contributed by atoms with Gasteiger partial charge in [0.05, 0.1) is 29.0 Å². The Morgan fingerprint density at radius 2 is 2.22 bits per heavy atom. The summed E-state index contributed by atoms with van der Waals surface area (Å²) in [4.78, 5) is 15.1. The second-order valence-corrected chi connectivity index (χ2v) is 4.38. The standard InChI is InChI=1S/C11H10BrN3O3/c1-6-7(11(16)17)3-4-9(14-6)15-10(18-2)8(12)5-13-15/h3-5H,1-2H3,(H,16,17). The summed E-state index contributed by atoms with van der Waals surface area (Å²) in [6.45, 7) is 1.64. The van der Waals surface area contributed by atoms with Crippen molar-refractivity contribution in [1.29, 1.82) is 0 Å². The first-order chi connectivity index (χ1) is 8.54. The number of carboxylic acids is 1. The Kier molecular flexibility index (Phi) is 3.33. The molecule has 94 valence electrons. The monoisotopic (exact) mass is 311 g/mol. The highest BCUT2D eigenvalue weighted by molar-refractivity contribution is 9.10. The van der Waals surface area contributed by atoms with Gasteiger partial charge in [-0.05, 0) is 35.0 Å². The first-order valence-corrected chi connectivity index (χ1v) is 5.82. The molecule has 18 heavy (non-hydrogen) atoms. The Balaban J connectivity index is 2.52. The van der Waals surface area contributed by atoms with E-state index in [9.17, 15) is 4.79 Å². The van der Waals surface area contributed by atoms with E-state index in [1.807, 2.05) is 0 Å². The fourth-order valence-corrected chi connectivity index (χ4v) is 1.98. The van der Waals surface area contributed by atoms with Crippen LogP contribution in [0.3, 0.4) is 0 Å². The molecule has 0 saturated heterocycles. The van der Waals surface area contributed by atoms with Crippen molar-refractivity contribution in [2.24, 2.45) is 0 Å². The van der Waals surface area contributed by atoms with E-state index < -0.39 is 5.97 Å². The number of carboxylic acid groups (broad SMARTS) is 1. The molecule has 0 aliphatic heterocycles. The number of rotatable bonds is 3. The molecular formula is C11H10BrN3O3. The third kappa shape index (κ3) is 2.08. The lowest BCUT2D eigenvalue weighted by Gasteiger charge is -2.07. The molecule has 0 bridgehead atoms. The van der Waals surface area contributed by atoms with Crippen LogP contribution in [0.15, 0.2) is 22.8 Å². The smallest absolute Gasteiger partial charge is 0.337 e. The topological polar surface area (TPSA) is 77.2 Å². The highest BCUT2D eigenvalue weighted by Crippen LogP contribution is 2.26. The van der Waals surface area contributed by atoms with Crippen molar-refractivity contribution in [3.8, 4) is 11.7 Å². The molecule has 2 heterocycles. The summed E-state index contributed by atoms with van der Waals surface area (Å²) >= 11 is 3.30. The van der Waals surface area contributed by atoms with Gasteiger partial charge >= 0.3 is 5.97 Å². The van der Waals surface area contributed by atoms with E-state index in [-0.39, 0.29) is 5.56 Å². The molecule has 2 rings (SSSR count). The number of carbonyl (C=O) groups is 1. The Morgan fingerprint density at radius 3 is 2.78 bits per heavy atom. The summed E-state index contributed by atoms with van der Waals surface area (Å²) in [5.74, 6) is 0.00480. The summed E-state index contributed by atoms with van der Waals surface area (Å²) in [6, 6.07) is 3.08. The molecule has 0 atom stereocenters. The number of hydrogen-bond acceptors (Lipinski definition) is 4. The van der Waals surface area contributed by atoms with E-state index in [0.717, 1.165) is 0 Å².